The average Bonchev–Trinajstić information content (AvgIpc) is 2.77. The summed E-state index contributed by atoms with van der Waals surface area (Å²) in [4.78, 5) is 11.1. The van der Waals surface area contributed by atoms with Crippen LogP contribution in [0.2, 0.25) is 0 Å². The lowest BCUT2D eigenvalue weighted by molar-refractivity contribution is -0.0693. The first kappa shape index (κ1) is 12.4. The molecule has 4 nitrogen and oxygen atoms in total. The summed E-state index contributed by atoms with van der Waals surface area (Å²) in [7, 11) is 0. The van der Waals surface area contributed by atoms with E-state index in [1.165, 1.54) is 12.8 Å². The standard InChI is InChI=1S/C13H18BrN3O/c1-9(2)11-13(4-3-5-18-13)8-17(11)12-15-6-10(14)7-16-12/h6-7,9,11H,3-5,8H2,1-2H3/t11-,13+/m1/s1. The minimum absolute atomic E-state index is 0.0601. The number of hydrogen-bond acceptors (Lipinski definition) is 4. The number of aromatic nitrogens is 2. The van der Waals surface area contributed by atoms with Gasteiger partial charge in [0.25, 0.3) is 0 Å². The Kier molecular flexibility index (Phi) is 3.06. The Morgan fingerprint density at radius 1 is 1.44 bits per heavy atom. The Bertz CT molecular complexity index is 428. The van der Waals surface area contributed by atoms with Crippen LogP contribution in [0.5, 0.6) is 0 Å². The average molecular weight is 312 g/mol. The van der Waals surface area contributed by atoms with Gasteiger partial charge in [0.05, 0.1) is 17.1 Å². The van der Waals surface area contributed by atoms with Crippen LogP contribution in [0.15, 0.2) is 16.9 Å². The molecule has 0 N–H and O–H groups in total. The summed E-state index contributed by atoms with van der Waals surface area (Å²) in [6.07, 6.45) is 5.96. The van der Waals surface area contributed by atoms with Crippen molar-refractivity contribution in [3.05, 3.63) is 16.9 Å². The van der Waals surface area contributed by atoms with Crippen LogP contribution in [0, 0.1) is 5.92 Å². The van der Waals surface area contributed by atoms with E-state index in [2.05, 4.69) is 44.6 Å². The fourth-order valence-electron chi connectivity index (χ4n) is 3.35. The van der Waals surface area contributed by atoms with Gasteiger partial charge in [-0.05, 0) is 34.7 Å². The van der Waals surface area contributed by atoms with Crippen molar-refractivity contribution in [3.8, 4) is 0 Å². The SMILES string of the molecule is CC(C)[C@H]1N(c2ncc(Br)cn2)C[C@@]12CCCO2. The minimum Gasteiger partial charge on any atom is -0.371 e. The minimum atomic E-state index is 0.0601. The van der Waals surface area contributed by atoms with E-state index in [1.807, 2.05) is 0 Å². The van der Waals surface area contributed by atoms with Crippen LogP contribution < -0.4 is 4.90 Å². The van der Waals surface area contributed by atoms with Gasteiger partial charge in [0.15, 0.2) is 0 Å². The van der Waals surface area contributed by atoms with E-state index in [9.17, 15) is 0 Å². The smallest absolute Gasteiger partial charge is 0.225 e. The second-order valence-corrected chi connectivity index (χ2v) is 6.45. The predicted octanol–water partition coefficient (Wildman–Crippen LogP) is 2.63. The number of ether oxygens (including phenoxy) is 1. The number of anilines is 1. The molecule has 2 aliphatic rings. The van der Waals surface area contributed by atoms with Gasteiger partial charge in [-0.3, -0.25) is 0 Å². The maximum absolute atomic E-state index is 6.02. The fourth-order valence-corrected chi connectivity index (χ4v) is 3.55. The molecular weight excluding hydrogens is 294 g/mol. The molecule has 2 aliphatic heterocycles. The van der Waals surface area contributed by atoms with Gasteiger partial charge in [-0.15, -0.1) is 0 Å². The lowest BCUT2D eigenvalue weighted by Crippen LogP contribution is -2.72. The zero-order valence-electron chi connectivity index (χ0n) is 10.8. The van der Waals surface area contributed by atoms with Crippen molar-refractivity contribution in [1.82, 2.24) is 9.97 Å². The Balaban J connectivity index is 1.84. The summed E-state index contributed by atoms with van der Waals surface area (Å²) in [5, 5.41) is 0. The molecule has 5 heteroatoms. The topological polar surface area (TPSA) is 38.2 Å². The third-order valence-electron chi connectivity index (χ3n) is 3.94. The summed E-state index contributed by atoms with van der Waals surface area (Å²) in [5.41, 5.74) is 0.0601. The van der Waals surface area contributed by atoms with Crippen molar-refractivity contribution in [2.45, 2.75) is 38.3 Å². The molecule has 1 aromatic heterocycles. The molecule has 0 saturated carbocycles. The molecule has 0 amide bonds. The van der Waals surface area contributed by atoms with Crippen LogP contribution in [0.4, 0.5) is 5.95 Å². The molecule has 2 fully saturated rings. The Morgan fingerprint density at radius 3 is 2.72 bits per heavy atom. The van der Waals surface area contributed by atoms with Crippen LogP contribution in [0.25, 0.3) is 0 Å². The lowest BCUT2D eigenvalue weighted by atomic mass is 9.75. The number of halogens is 1. The van der Waals surface area contributed by atoms with Gasteiger partial charge in [0, 0.05) is 19.0 Å². The summed E-state index contributed by atoms with van der Waals surface area (Å²) in [5.74, 6) is 1.36. The van der Waals surface area contributed by atoms with Crippen LogP contribution in [-0.2, 0) is 4.74 Å². The van der Waals surface area contributed by atoms with Gasteiger partial charge in [-0.25, -0.2) is 9.97 Å². The molecule has 3 rings (SSSR count). The molecule has 3 heterocycles. The predicted molar refractivity (Wildman–Crippen MR) is 73.6 cm³/mol. The maximum atomic E-state index is 6.02. The van der Waals surface area contributed by atoms with Crippen LogP contribution in [-0.4, -0.2) is 34.8 Å². The monoisotopic (exact) mass is 311 g/mol. The fraction of sp³-hybridized carbons (Fsp3) is 0.692. The van der Waals surface area contributed by atoms with E-state index in [-0.39, 0.29) is 5.60 Å². The Morgan fingerprint density at radius 2 is 2.17 bits per heavy atom. The summed E-state index contributed by atoms with van der Waals surface area (Å²) in [6.45, 7) is 6.33. The molecule has 1 aromatic rings. The second kappa shape index (κ2) is 4.46. The third kappa shape index (κ3) is 1.84. The molecule has 0 radical (unpaired) electrons. The lowest BCUT2D eigenvalue weighted by Gasteiger charge is -2.56. The largest absolute Gasteiger partial charge is 0.371 e. The molecular formula is C13H18BrN3O. The number of nitrogens with zero attached hydrogens (tertiary/aromatic N) is 3. The first-order valence-electron chi connectivity index (χ1n) is 6.50. The maximum Gasteiger partial charge on any atom is 0.225 e. The highest BCUT2D eigenvalue weighted by Gasteiger charge is 2.57. The normalized spacial score (nSPS) is 31.1. The summed E-state index contributed by atoms with van der Waals surface area (Å²) >= 11 is 3.37. The van der Waals surface area contributed by atoms with Crippen LogP contribution >= 0.6 is 15.9 Å². The Hall–Kier alpha value is -0.680. The van der Waals surface area contributed by atoms with Gasteiger partial charge in [-0.1, -0.05) is 13.8 Å². The van der Waals surface area contributed by atoms with Crippen molar-refractivity contribution in [1.29, 1.82) is 0 Å². The summed E-state index contributed by atoms with van der Waals surface area (Å²) in [6, 6.07) is 0.404. The molecule has 1 spiro atoms. The molecule has 0 aliphatic carbocycles. The second-order valence-electron chi connectivity index (χ2n) is 5.53. The number of hydrogen-bond donors (Lipinski definition) is 0. The van der Waals surface area contributed by atoms with E-state index >= 15 is 0 Å². The van der Waals surface area contributed by atoms with Crippen molar-refractivity contribution in [3.63, 3.8) is 0 Å². The van der Waals surface area contributed by atoms with E-state index in [0.717, 1.165) is 23.6 Å². The quantitative estimate of drug-likeness (QED) is 0.841. The van der Waals surface area contributed by atoms with Gasteiger partial charge in [-0.2, -0.15) is 0 Å². The highest BCUT2D eigenvalue weighted by atomic mass is 79.9. The molecule has 0 unspecified atom stereocenters. The van der Waals surface area contributed by atoms with Crippen molar-refractivity contribution < 1.29 is 4.74 Å². The molecule has 2 atom stereocenters. The molecule has 0 aromatic carbocycles. The molecule has 18 heavy (non-hydrogen) atoms. The summed E-state index contributed by atoms with van der Waals surface area (Å²) < 4.78 is 6.94. The van der Waals surface area contributed by atoms with Crippen LogP contribution in [0.3, 0.4) is 0 Å². The highest BCUT2D eigenvalue weighted by Crippen LogP contribution is 2.45. The van der Waals surface area contributed by atoms with Gasteiger partial charge in [0.2, 0.25) is 5.95 Å². The van der Waals surface area contributed by atoms with Crippen molar-refractivity contribution >= 4 is 21.9 Å². The molecule has 2 saturated heterocycles. The van der Waals surface area contributed by atoms with Gasteiger partial charge >= 0.3 is 0 Å². The first-order chi connectivity index (χ1) is 8.62. The van der Waals surface area contributed by atoms with E-state index in [1.54, 1.807) is 12.4 Å². The van der Waals surface area contributed by atoms with Gasteiger partial charge < -0.3 is 9.64 Å². The van der Waals surface area contributed by atoms with Gasteiger partial charge in [0.1, 0.15) is 5.60 Å². The van der Waals surface area contributed by atoms with E-state index in [4.69, 9.17) is 4.74 Å². The van der Waals surface area contributed by atoms with Crippen molar-refractivity contribution in [2.75, 3.05) is 18.1 Å². The van der Waals surface area contributed by atoms with E-state index in [0.29, 0.717) is 12.0 Å². The Labute approximate surface area is 116 Å². The third-order valence-corrected chi connectivity index (χ3v) is 4.35. The first-order valence-corrected chi connectivity index (χ1v) is 7.30. The van der Waals surface area contributed by atoms with Crippen LogP contribution in [0.1, 0.15) is 26.7 Å². The molecule has 98 valence electrons. The molecule has 0 bridgehead atoms. The van der Waals surface area contributed by atoms with Crippen molar-refractivity contribution in [2.24, 2.45) is 5.92 Å². The highest BCUT2D eigenvalue weighted by molar-refractivity contribution is 9.10. The zero-order valence-corrected chi connectivity index (χ0v) is 12.4. The van der Waals surface area contributed by atoms with E-state index < -0.39 is 0 Å². The zero-order chi connectivity index (χ0) is 12.8. The number of rotatable bonds is 2.